The molecule has 3 rings (SSSR count). The maximum absolute atomic E-state index is 12.6. The molecule has 30 heavy (non-hydrogen) atoms. The first-order chi connectivity index (χ1) is 14.5. The van der Waals surface area contributed by atoms with Gasteiger partial charge in [-0.3, -0.25) is 4.79 Å². The van der Waals surface area contributed by atoms with Gasteiger partial charge < -0.3 is 14.2 Å². The van der Waals surface area contributed by atoms with Crippen molar-refractivity contribution in [3.8, 4) is 17.2 Å². The third-order valence-electron chi connectivity index (χ3n) is 4.46. The first-order valence-corrected chi connectivity index (χ1v) is 9.33. The van der Waals surface area contributed by atoms with E-state index in [1.165, 1.54) is 13.2 Å². The molecule has 0 aromatic heterocycles. The van der Waals surface area contributed by atoms with E-state index in [0.717, 1.165) is 11.1 Å². The van der Waals surface area contributed by atoms with Crippen molar-refractivity contribution in [3.63, 3.8) is 0 Å². The van der Waals surface area contributed by atoms with Gasteiger partial charge in [-0.1, -0.05) is 35.9 Å². The minimum Gasteiger partial charge on any atom is -0.497 e. The Morgan fingerprint density at radius 2 is 1.60 bits per heavy atom. The Labute approximate surface area is 175 Å². The summed E-state index contributed by atoms with van der Waals surface area (Å²) in [7, 11) is 3.05. The van der Waals surface area contributed by atoms with Crippen LogP contribution in [0.2, 0.25) is 0 Å². The van der Waals surface area contributed by atoms with Gasteiger partial charge in [0.15, 0.2) is 5.78 Å². The van der Waals surface area contributed by atoms with Crippen molar-refractivity contribution in [2.75, 3.05) is 14.2 Å². The molecule has 5 nitrogen and oxygen atoms in total. The molecule has 0 amide bonds. The van der Waals surface area contributed by atoms with Gasteiger partial charge in [-0.2, -0.15) is 0 Å². The van der Waals surface area contributed by atoms with E-state index in [1.807, 2.05) is 25.1 Å². The molecule has 0 saturated heterocycles. The number of aryl methyl sites for hydroxylation is 1. The van der Waals surface area contributed by atoms with Crippen LogP contribution in [-0.4, -0.2) is 26.0 Å². The van der Waals surface area contributed by atoms with Crippen LogP contribution in [0.25, 0.3) is 6.08 Å². The molecule has 0 aliphatic heterocycles. The van der Waals surface area contributed by atoms with Crippen LogP contribution >= 0.6 is 0 Å². The van der Waals surface area contributed by atoms with Crippen molar-refractivity contribution in [2.45, 2.75) is 6.92 Å². The second-order valence-electron chi connectivity index (χ2n) is 6.59. The van der Waals surface area contributed by atoms with Gasteiger partial charge in [-0.25, -0.2) is 4.79 Å². The number of rotatable bonds is 7. The highest BCUT2D eigenvalue weighted by Crippen LogP contribution is 2.25. The smallest absolute Gasteiger partial charge is 0.343 e. The summed E-state index contributed by atoms with van der Waals surface area (Å²) in [5, 5.41) is 0. The van der Waals surface area contributed by atoms with Crippen LogP contribution in [0.1, 0.15) is 31.8 Å². The average Bonchev–Trinajstić information content (AvgIpc) is 2.77. The highest BCUT2D eigenvalue weighted by atomic mass is 16.5. The molecule has 0 aliphatic carbocycles. The summed E-state index contributed by atoms with van der Waals surface area (Å²) in [6.07, 6.45) is 3.11. The number of ketones is 1. The third-order valence-corrected chi connectivity index (χ3v) is 4.46. The van der Waals surface area contributed by atoms with Crippen LogP contribution in [0.15, 0.2) is 72.8 Å². The minimum absolute atomic E-state index is 0.212. The zero-order valence-electron chi connectivity index (χ0n) is 17.0. The second kappa shape index (κ2) is 9.56. The highest BCUT2D eigenvalue weighted by Gasteiger charge is 2.11. The summed E-state index contributed by atoms with van der Waals surface area (Å²) in [5.74, 6) is 0.796. The molecule has 0 bridgehead atoms. The van der Waals surface area contributed by atoms with Gasteiger partial charge >= 0.3 is 5.97 Å². The number of methoxy groups -OCH3 is 2. The average molecular weight is 402 g/mol. The molecule has 0 spiro atoms. The fraction of sp³-hybridized carbons (Fsp3) is 0.120. The monoisotopic (exact) mass is 402 g/mol. The first-order valence-electron chi connectivity index (χ1n) is 9.33. The van der Waals surface area contributed by atoms with Crippen LogP contribution in [0.4, 0.5) is 0 Å². The number of allylic oxidation sites excluding steroid dienone is 1. The van der Waals surface area contributed by atoms with Crippen LogP contribution in [-0.2, 0) is 0 Å². The Balaban J connectivity index is 1.73. The summed E-state index contributed by atoms with van der Waals surface area (Å²) in [5.41, 5.74) is 2.70. The van der Waals surface area contributed by atoms with Gasteiger partial charge in [0.05, 0.1) is 25.3 Å². The van der Waals surface area contributed by atoms with E-state index in [4.69, 9.17) is 14.2 Å². The van der Waals surface area contributed by atoms with Crippen molar-refractivity contribution < 1.29 is 23.8 Å². The standard InChI is InChI=1S/C25H22O5/c1-17-7-10-19(11-8-17)25(27)30-21-6-4-5-18(15-21)9-14-23(26)22-13-12-20(28-2)16-24(22)29-3/h4-16H,1-3H3. The molecule has 0 fully saturated rings. The Kier molecular flexibility index (Phi) is 6.65. The minimum atomic E-state index is -0.435. The van der Waals surface area contributed by atoms with Gasteiger partial charge in [-0.05, 0) is 55.0 Å². The summed E-state index contributed by atoms with van der Waals surface area (Å²) in [6, 6.07) is 19.1. The van der Waals surface area contributed by atoms with Gasteiger partial charge in [0, 0.05) is 6.07 Å². The van der Waals surface area contributed by atoms with Crippen LogP contribution in [0, 0.1) is 6.92 Å². The predicted octanol–water partition coefficient (Wildman–Crippen LogP) is 5.13. The Hall–Kier alpha value is -3.86. The summed E-state index contributed by atoms with van der Waals surface area (Å²) in [4.78, 5) is 24.9. The number of benzene rings is 3. The van der Waals surface area contributed by atoms with Crippen LogP contribution in [0.5, 0.6) is 17.2 Å². The molecule has 0 heterocycles. The van der Waals surface area contributed by atoms with Gasteiger partial charge in [-0.15, -0.1) is 0 Å². The van der Waals surface area contributed by atoms with E-state index in [2.05, 4.69) is 0 Å². The second-order valence-corrected chi connectivity index (χ2v) is 6.59. The lowest BCUT2D eigenvalue weighted by molar-refractivity contribution is 0.0734. The van der Waals surface area contributed by atoms with E-state index in [1.54, 1.807) is 61.7 Å². The zero-order chi connectivity index (χ0) is 21.5. The maximum Gasteiger partial charge on any atom is 0.343 e. The van der Waals surface area contributed by atoms with E-state index in [0.29, 0.717) is 28.4 Å². The number of esters is 1. The fourth-order valence-corrected chi connectivity index (χ4v) is 2.80. The Morgan fingerprint density at radius 3 is 2.30 bits per heavy atom. The van der Waals surface area contributed by atoms with E-state index in [9.17, 15) is 9.59 Å². The molecular formula is C25H22O5. The predicted molar refractivity (Wildman–Crippen MR) is 115 cm³/mol. The van der Waals surface area contributed by atoms with Gasteiger partial charge in [0.1, 0.15) is 17.2 Å². The lowest BCUT2D eigenvalue weighted by Crippen LogP contribution is -2.08. The fourth-order valence-electron chi connectivity index (χ4n) is 2.80. The highest BCUT2D eigenvalue weighted by molar-refractivity contribution is 6.08. The number of carbonyl (C=O) groups is 2. The molecule has 5 heteroatoms. The third kappa shape index (κ3) is 5.14. The topological polar surface area (TPSA) is 61.8 Å². The zero-order valence-corrected chi connectivity index (χ0v) is 17.0. The van der Waals surface area contributed by atoms with E-state index >= 15 is 0 Å². The lowest BCUT2D eigenvalue weighted by atomic mass is 10.1. The Bertz CT molecular complexity index is 1080. The first kappa shape index (κ1) is 20.9. The van der Waals surface area contributed by atoms with Crippen molar-refractivity contribution in [3.05, 3.63) is 95.1 Å². The quantitative estimate of drug-likeness (QED) is 0.237. The normalized spacial score (nSPS) is 10.6. The van der Waals surface area contributed by atoms with Crippen LogP contribution in [0.3, 0.4) is 0 Å². The number of carbonyl (C=O) groups excluding carboxylic acids is 2. The van der Waals surface area contributed by atoms with Crippen molar-refractivity contribution in [1.29, 1.82) is 0 Å². The molecular weight excluding hydrogens is 380 g/mol. The molecule has 0 saturated carbocycles. The Morgan fingerprint density at radius 1 is 0.833 bits per heavy atom. The van der Waals surface area contributed by atoms with Gasteiger partial charge in [0.2, 0.25) is 0 Å². The molecule has 0 N–H and O–H groups in total. The molecule has 3 aromatic rings. The molecule has 3 aromatic carbocycles. The van der Waals surface area contributed by atoms with Crippen LogP contribution < -0.4 is 14.2 Å². The molecule has 0 unspecified atom stereocenters. The van der Waals surface area contributed by atoms with E-state index in [-0.39, 0.29) is 5.78 Å². The lowest BCUT2D eigenvalue weighted by Gasteiger charge is -2.08. The molecule has 0 radical (unpaired) electrons. The van der Waals surface area contributed by atoms with Gasteiger partial charge in [0.25, 0.3) is 0 Å². The number of ether oxygens (including phenoxy) is 3. The van der Waals surface area contributed by atoms with Crippen molar-refractivity contribution in [2.24, 2.45) is 0 Å². The molecule has 152 valence electrons. The molecule has 0 atom stereocenters. The number of hydrogen-bond acceptors (Lipinski definition) is 5. The SMILES string of the molecule is COc1ccc(C(=O)C=Cc2cccc(OC(=O)c3ccc(C)cc3)c2)c(OC)c1. The van der Waals surface area contributed by atoms with Crippen molar-refractivity contribution >= 4 is 17.8 Å². The van der Waals surface area contributed by atoms with E-state index < -0.39 is 5.97 Å². The summed E-state index contributed by atoms with van der Waals surface area (Å²) in [6.45, 7) is 1.95. The maximum atomic E-state index is 12.6. The summed E-state index contributed by atoms with van der Waals surface area (Å²) < 4.78 is 15.9. The number of hydrogen-bond donors (Lipinski definition) is 0. The molecule has 0 aliphatic rings. The summed E-state index contributed by atoms with van der Waals surface area (Å²) >= 11 is 0. The van der Waals surface area contributed by atoms with Crippen molar-refractivity contribution in [1.82, 2.24) is 0 Å². The largest absolute Gasteiger partial charge is 0.497 e.